The molecule has 5 heteroatoms. The molecule has 1 unspecified atom stereocenters. The van der Waals surface area contributed by atoms with Crippen LogP contribution in [0.25, 0.3) is 0 Å². The topological polar surface area (TPSA) is 39.1 Å². The maximum atomic E-state index is 9.23. The Morgan fingerprint density at radius 1 is 1.82 bits per heavy atom. The predicted molar refractivity (Wildman–Crippen MR) is 44.1 cm³/mol. The molecule has 0 fully saturated rings. The van der Waals surface area contributed by atoms with E-state index in [2.05, 4.69) is 5.10 Å². The van der Waals surface area contributed by atoms with Crippen molar-refractivity contribution in [3.8, 4) is 0 Å². The first-order chi connectivity index (χ1) is 5.22. The highest BCUT2D eigenvalue weighted by Crippen LogP contribution is 2.05. The van der Waals surface area contributed by atoms with Gasteiger partial charge in [-0.25, -0.2) is 0 Å². The van der Waals surface area contributed by atoms with Crippen molar-refractivity contribution in [2.45, 2.75) is 19.4 Å². The number of halogens is 1. The van der Waals surface area contributed by atoms with Crippen LogP contribution in [0.1, 0.15) is 13.3 Å². The van der Waals surface area contributed by atoms with Crippen molar-refractivity contribution < 1.29 is 5.11 Å². The van der Waals surface area contributed by atoms with Crippen molar-refractivity contribution in [1.29, 1.82) is 0 Å². The van der Waals surface area contributed by atoms with E-state index in [4.69, 9.17) is 11.8 Å². The summed E-state index contributed by atoms with van der Waals surface area (Å²) in [6, 6.07) is 0. The fourth-order valence-corrected chi connectivity index (χ4v) is 0.998. The standard InChI is InChI=1S/C6H12ClN3O/c1-2-6(11)3-10-5-9(7)4-8-10/h4,6,11H,2-3,5H2,1H3. The lowest BCUT2D eigenvalue weighted by Gasteiger charge is -2.17. The molecule has 0 aromatic carbocycles. The molecule has 4 nitrogen and oxygen atoms in total. The molecule has 1 aliphatic rings. The van der Waals surface area contributed by atoms with Crippen LogP contribution in [0.4, 0.5) is 0 Å². The molecule has 0 amide bonds. The summed E-state index contributed by atoms with van der Waals surface area (Å²) >= 11 is 5.59. The Morgan fingerprint density at radius 3 is 3.00 bits per heavy atom. The fraction of sp³-hybridized carbons (Fsp3) is 0.833. The van der Waals surface area contributed by atoms with E-state index in [9.17, 15) is 5.11 Å². The molecule has 1 heterocycles. The smallest absolute Gasteiger partial charge is 0.127 e. The maximum absolute atomic E-state index is 9.23. The number of nitrogens with zero attached hydrogens (tertiary/aromatic N) is 3. The van der Waals surface area contributed by atoms with Crippen LogP contribution < -0.4 is 0 Å². The molecular weight excluding hydrogens is 166 g/mol. The van der Waals surface area contributed by atoms with E-state index in [-0.39, 0.29) is 6.10 Å². The number of hydrogen-bond acceptors (Lipinski definition) is 4. The highest BCUT2D eigenvalue weighted by molar-refractivity contribution is 6.18. The second kappa shape index (κ2) is 3.78. The number of aliphatic hydroxyl groups excluding tert-OH is 1. The summed E-state index contributed by atoms with van der Waals surface area (Å²) in [6.45, 7) is 3.04. The molecule has 0 saturated heterocycles. The van der Waals surface area contributed by atoms with E-state index in [1.54, 1.807) is 5.01 Å². The maximum Gasteiger partial charge on any atom is 0.127 e. The summed E-state index contributed by atoms with van der Waals surface area (Å²) in [4.78, 5) is 0. The first kappa shape index (κ1) is 8.62. The molecule has 0 radical (unpaired) electrons. The Bertz CT molecular complexity index is 153. The van der Waals surface area contributed by atoms with Crippen LogP contribution in [0.3, 0.4) is 0 Å². The van der Waals surface area contributed by atoms with Gasteiger partial charge in [0.15, 0.2) is 0 Å². The van der Waals surface area contributed by atoms with Crippen molar-refractivity contribution >= 4 is 18.1 Å². The average Bonchev–Trinajstić information content (AvgIpc) is 2.35. The molecule has 0 spiro atoms. The first-order valence-electron chi connectivity index (χ1n) is 3.62. The van der Waals surface area contributed by atoms with Gasteiger partial charge in [0, 0.05) is 11.8 Å². The van der Waals surface area contributed by atoms with Crippen LogP contribution >= 0.6 is 11.8 Å². The first-order valence-corrected chi connectivity index (χ1v) is 3.95. The number of hydrogen-bond donors (Lipinski definition) is 1. The van der Waals surface area contributed by atoms with Gasteiger partial charge in [0.1, 0.15) is 13.0 Å². The summed E-state index contributed by atoms with van der Waals surface area (Å²) in [6.07, 6.45) is 1.97. The Morgan fingerprint density at radius 2 is 2.55 bits per heavy atom. The molecular formula is C6H12ClN3O. The average molecular weight is 178 g/mol. The van der Waals surface area contributed by atoms with Crippen LogP contribution in [-0.4, -0.2) is 40.2 Å². The van der Waals surface area contributed by atoms with Gasteiger partial charge in [0.05, 0.1) is 12.6 Å². The molecule has 0 aromatic rings. The van der Waals surface area contributed by atoms with Gasteiger partial charge in [-0.1, -0.05) is 6.92 Å². The zero-order valence-electron chi connectivity index (χ0n) is 6.44. The fourth-order valence-electron chi connectivity index (χ4n) is 0.835. The van der Waals surface area contributed by atoms with Gasteiger partial charge in [-0.05, 0) is 6.42 Å². The third-order valence-corrected chi connectivity index (χ3v) is 1.73. The van der Waals surface area contributed by atoms with Crippen molar-refractivity contribution in [1.82, 2.24) is 9.43 Å². The molecule has 1 atom stereocenters. The molecule has 1 aliphatic heterocycles. The monoisotopic (exact) mass is 177 g/mol. The lowest BCUT2D eigenvalue weighted by molar-refractivity contribution is 0.110. The second-order valence-corrected chi connectivity index (χ2v) is 2.96. The minimum atomic E-state index is -0.310. The lowest BCUT2D eigenvalue weighted by atomic mass is 10.3. The van der Waals surface area contributed by atoms with E-state index >= 15 is 0 Å². The number of aliphatic hydroxyl groups is 1. The third kappa shape index (κ3) is 2.55. The lowest BCUT2D eigenvalue weighted by Crippen LogP contribution is -2.28. The van der Waals surface area contributed by atoms with Gasteiger partial charge in [-0.3, -0.25) is 9.43 Å². The quantitative estimate of drug-likeness (QED) is 0.636. The van der Waals surface area contributed by atoms with E-state index < -0.39 is 0 Å². The molecule has 0 saturated carbocycles. The SMILES string of the molecule is CCC(O)CN1CN(Cl)C=N1. The normalized spacial score (nSPS) is 19.5. The third-order valence-electron chi connectivity index (χ3n) is 1.53. The number of rotatable bonds is 3. The second-order valence-electron chi connectivity index (χ2n) is 2.52. The minimum absolute atomic E-state index is 0.310. The molecule has 11 heavy (non-hydrogen) atoms. The van der Waals surface area contributed by atoms with Crippen LogP contribution in [0.5, 0.6) is 0 Å². The van der Waals surface area contributed by atoms with Gasteiger partial charge in [0.25, 0.3) is 0 Å². The van der Waals surface area contributed by atoms with Crippen LogP contribution in [0.2, 0.25) is 0 Å². The highest BCUT2D eigenvalue weighted by Gasteiger charge is 2.14. The number of β-amino-alcohol motifs (C(OH)–C–C–N with tert-alkyl or cyclic N) is 1. The van der Waals surface area contributed by atoms with Crippen LogP contribution in [0.15, 0.2) is 5.10 Å². The molecule has 64 valence electrons. The predicted octanol–water partition coefficient (Wildman–Crippen LogP) is 0.430. The van der Waals surface area contributed by atoms with Crippen molar-refractivity contribution in [2.75, 3.05) is 13.2 Å². The van der Waals surface area contributed by atoms with Crippen molar-refractivity contribution in [3.63, 3.8) is 0 Å². The van der Waals surface area contributed by atoms with E-state index in [0.29, 0.717) is 13.2 Å². The number of hydrazone groups is 1. The summed E-state index contributed by atoms with van der Waals surface area (Å²) in [7, 11) is 0. The largest absolute Gasteiger partial charge is 0.391 e. The summed E-state index contributed by atoms with van der Waals surface area (Å²) in [5.41, 5.74) is 0. The van der Waals surface area contributed by atoms with Gasteiger partial charge >= 0.3 is 0 Å². The van der Waals surface area contributed by atoms with Crippen molar-refractivity contribution in [3.05, 3.63) is 0 Å². The summed E-state index contributed by atoms with van der Waals surface area (Å²) in [5.74, 6) is 0. The van der Waals surface area contributed by atoms with E-state index in [1.165, 1.54) is 10.8 Å². The molecule has 0 aromatic heterocycles. The molecule has 0 aliphatic carbocycles. The molecule has 0 bridgehead atoms. The van der Waals surface area contributed by atoms with Gasteiger partial charge < -0.3 is 5.11 Å². The van der Waals surface area contributed by atoms with Gasteiger partial charge in [-0.15, -0.1) is 0 Å². The molecule has 1 N–H and O–H groups in total. The van der Waals surface area contributed by atoms with Crippen LogP contribution in [-0.2, 0) is 0 Å². The van der Waals surface area contributed by atoms with Gasteiger partial charge in [-0.2, -0.15) is 5.10 Å². The van der Waals surface area contributed by atoms with Gasteiger partial charge in [0.2, 0.25) is 0 Å². The Balaban J connectivity index is 2.24. The Labute approximate surface area is 71.2 Å². The molecule has 1 rings (SSSR count). The Hall–Kier alpha value is -0.480. The van der Waals surface area contributed by atoms with E-state index in [1.807, 2.05) is 6.92 Å². The summed E-state index contributed by atoms with van der Waals surface area (Å²) < 4.78 is 1.45. The highest BCUT2D eigenvalue weighted by atomic mass is 35.5. The van der Waals surface area contributed by atoms with Crippen molar-refractivity contribution in [2.24, 2.45) is 5.10 Å². The van der Waals surface area contributed by atoms with Crippen LogP contribution in [0, 0.1) is 0 Å². The summed E-state index contributed by atoms with van der Waals surface area (Å²) in [5, 5.41) is 14.9. The van der Waals surface area contributed by atoms with E-state index in [0.717, 1.165) is 6.42 Å². The Kier molecular flexibility index (Phi) is 2.96. The zero-order valence-corrected chi connectivity index (χ0v) is 7.20. The zero-order chi connectivity index (χ0) is 8.27. The minimum Gasteiger partial charge on any atom is -0.391 e.